The molecule has 1 aromatic heterocycles. The summed E-state index contributed by atoms with van der Waals surface area (Å²) in [7, 11) is 0. The molecule has 0 radical (unpaired) electrons. The third-order valence-corrected chi connectivity index (χ3v) is 2.88. The minimum atomic E-state index is 0.285. The molecule has 0 saturated carbocycles. The molecule has 2 heterocycles. The van der Waals surface area contributed by atoms with E-state index in [1.54, 1.807) is 0 Å². The van der Waals surface area contributed by atoms with Crippen molar-refractivity contribution in [1.29, 1.82) is 0 Å². The second-order valence-corrected chi connectivity index (χ2v) is 4.20. The number of hydrogen-bond donors (Lipinski definition) is 0. The van der Waals surface area contributed by atoms with Crippen LogP contribution in [0.4, 0.5) is 0 Å². The Bertz CT molecular complexity index is 533. The van der Waals surface area contributed by atoms with E-state index < -0.39 is 0 Å². The molecule has 0 amide bonds. The fourth-order valence-electron chi connectivity index (χ4n) is 2.18. The zero-order valence-corrected chi connectivity index (χ0v) is 8.95. The maximum atomic E-state index is 5.71. The Hall–Kier alpha value is -1.57. The summed E-state index contributed by atoms with van der Waals surface area (Å²) in [6.07, 6.45) is 1.26. The van der Waals surface area contributed by atoms with Crippen LogP contribution < -0.4 is 4.74 Å². The number of nitrogens with zero attached hydrogens (tertiary/aromatic N) is 1. The zero-order valence-electron chi connectivity index (χ0n) is 8.95. The molecule has 76 valence electrons. The molecule has 0 fully saturated rings. The van der Waals surface area contributed by atoms with Crippen LogP contribution >= 0.6 is 0 Å². The van der Waals surface area contributed by atoms with Crippen molar-refractivity contribution in [3.63, 3.8) is 0 Å². The molecule has 15 heavy (non-hydrogen) atoms. The van der Waals surface area contributed by atoms with Gasteiger partial charge in [0.25, 0.3) is 0 Å². The van der Waals surface area contributed by atoms with Gasteiger partial charge in [0.1, 0.15) is 11.9 Å². The molecule has 3 rings (SSSR count). The SMILES string of the molecule is Cc1ccc2ccc3c(c2n1)CC(C)O3. The van der Waals surface area contributed by atoms with Crippen LogP contribution in [-0.2, 0) is 6.42 Å². The van der Waals surface area contributed by atoms with E-state index in [0.29, 0.717) is 0 Å². The van der Waals surface area contributed by atoms with Gasteiger partial charge in [-0.15, -0.1) is 0 Å². The largest absolute Gasteiger partial charge is 0.490 e. The van der Waals surface area contributed by atoms with E-state index in [4.69, 9.17) is 4.74 Å². The molecule has 0 aliphatic carbocycles. The van der Waals surface area contributed by atoms with Gasteiger partial charge in [-0.3, -0.25) is 4.98 Å². The maximum Gasteiger partial charge on any atom is 0.125 e. The minimum absolute atomic E-state index is 0.285. The lowest BCUT2D eigenvalue weighted by Gasteiger charge is -2.04. The van der Waals surface area contributed by atoms with Crippen molar-refractivity contribution >= 4 is 10.9 Å². The van der Waals surface area contributed by atoms with Crippen LogP contribution in [0, 0.1) is 6.92 Å². The summed E-state index contributed by atoms with van der Waals surface area (Å²) in [4.78, 5) is 4.60. The van der Waals surface area contributed by atoms with E-state index in [1.165, 1.54) is 10.9 Å². The molecule has 2 heteroatoms. The molecule has 2 nitrogen and oxygen atoms in total. The van der Waals surface area contributed by atoms with E-state index in [0.717, 1.165) is 23.4 Å². The Balaban J connectivity index is 2.33. The fourth-order valence-corrected chi connectivity index (χ4v) is 2.18. The summed E-state index contributed by atoms with van der Waals surface area (Å²) in [6, 6.07) is 8.31. The standard InChI is InChI=1S/C13H13NO/c1-8-3-4-10-5-6-12-11(13(10)14-8)7-9(2)15-12/h3-6,9H,7H2,1-2H3. The zero-order chi connectivity index (χ0) is 10.4. The molecule has 1 atom stereocenters. The molecule has 1 aliphatic rings. The van der Waals surface area contributed by atoms with Crippen LogP contribution in [-0.4, -0.2) is 11.1 Å². The van der Waals surface area contributed by atoms with Crippen LogP contribution in [0.3, 0.4) is 0 Å². The third kappa shape index (κ3) is 1.29. The molecule has 1 aliphatic heterocycles. The van der Waals surface area contributed by atoms with Crippen molar-refractivity contribution in [2.24, 2.45) is 0 Å². The summed E-state index contributed by atoms with van der Waals surface area (Å²) in [5.74, 6) is 1.01. The van der Waals surface area contributed by atoms with Crippen molar-refractivity contribution < 1.29 is 4.74 Å². The minimum Gasteiger partial charge on any atom is -0.490 e. The summed E-state index contributed by atoms with van der Waals surface area (Å²) in [6.45, 7) is 4.12. The number of benzene rings is 1. The fraction of sp³-hybridized carbons (Fsp3) is 0.308. The first kappa shape index (κ1) is 8.72. The Labute approximate surface area is 88.9 Å². The van der Waals surface area contributed by atoms with Crippen molar-refractivity contribution in [1.82, 2.24) is 4.98 Å². The molecular formula is C13H13NO. The summed E-state index contributed by atoms with van der Waals surface area (Å²) < 4.78 is 5.71. The van der Waals surface area contributed by atoms with E-state index in [9.17, 15) is 0 Å². The van der Waals surface area contributed by atoms with Gasteiger partial charge in [-0.25, -0.2) is 0 Å². The Morgan fingerprint density at radius 2 is 2.07 bits per heavy atom. The number of pyridine rings is 1. The normalized spacial score (nSPS) is 18.9. The second-order valence-electron chi connectivity index (χ2n) is 4.20. The van der Waals surface area contributed by atoms with Gasteiger partial charge in [-0.05, 0) is 32.0 Å². The molecule has 0 N–H and O–H groups in total. The first-order chi connectivity index (χ1) is 7.24. The summed E-state index contributed by atoms with van der Waals surface area (Å²) in [5, 5.41) is 1.21. The average Bonchev–Trinajstić information content (AvgIpc) is 2.58. The van der Waals surface area contributed by atoms with E-state index in [1.807, 2.05) is 13.0 Å². The van der Waals surface area contributed by atoms with E-state index in [-0.39, 0.29) is 6.10 Å². The number of hydrogen-bond acceptors (Lipinski definition) is 2. The van der Waals surface area contributed by atoms with Crippen LogP contribution in [0.15, 0.2) is 24.3 Å². The average molecular weight is 199 g/mol. The van der Waals surface area contributed by atoms with Crippen molar-refractivity contribution in [3.05, 3.63) is 35.5 Å². The predicted molar refractivity (Wildman–Crippen MR) is 60.3 cm³/mol. The lowest BCUT2D eigenvalue weighted by molar-refractivity contribution is 0.254. The lowest BCUT2D eigenvalue weighted by atomic mass is 10.1. The lowest BCUT2D eigenvalue weighted by Crippen LogP contribution is -2.05. The van der Waals surface area contributed by atoms with Gasteiger partial charge in [-0.1, -0.05) is 6.07 Å². The monoisotopic (exact) mass is 199 g/mol. The Morgan fingerprint density at radius 3 is 2.93 bits per heavy atom. The Kier molecular flexibility index (Phi) is 1.72. The van der Waals surface area contributed by atoms with Crippen molar-refractivity contribution in [2.75, 3.05) is 0 Å². The van der Waals surface area contributed by atoms with E-state index in [2.05, 4.69) is 30.1 Å². The summed E-state index contributed by atoms with van der Waals surface area (Å²) in [5.41, 5.74) is 3.44. The third-order valence-electron chi connectivity index (χ3n) is 2.88. The number of ether oxygens (including phenoxy) is 1. The topological polar surface area (TPSA) is 22.1 Å². The first-order valence-corrected chi connectivity index (χ1v) is 5.30. The van der Waals surface area contributed by atoms with E-state index >= 15 is 0 Å². The highest BCUT2D eigenvalue weighted by Gasteiger charge is 2.21. The molecule has 2 aromatic rings. The van der Waals surface area contributed by atoms with Crippen molar-refractivity contribution in [2.45, 2.75) is 26.4 Å². The molecule has 0 saturated heterocycles. The van der Waals surface area contributed by atoms with Gasteiger partial charge in [0.2, 0.25) is 0 Å². The highest BCUT2D eigenvalue weighted by Crippen LogP contribution is 2.33. The number of rotatable bonds is 0. The quantitative estimate of drug-likeness (QED) is 0.651. The summed E-state index contributed by atoms with van der Waals surface area (Å²) >= 11 is 0. The van der Waals surface area contributed by atoms with Gasteiger partial charge in [0.05, 0.1) is 5.52 Å². The van der Waals surface area contributed by atoms with Gasteiger partial charge in [-0.2, -0.15) is 0 Å². The molecule has 1 aromatic carbocycles. The number of aromatic nitrogens is 1. The van der Waals surface area contributed by atoms with Gasteiger partial charge in [0.15, 0.2) is 0 Å². The van der Waals surface area contributed by atoms with Gasteiger partial charge >= 0.3 is 0 Å². The highest BCUT2D eigenvalue weighted by atomic mass is 16.5. The Morgan fingerprint density at radius 1 is 1.27 bits per heavy atom. The molecule has 0 bridgehead atoms. The van der Waals surface area contributed by atoms with Gasteiger partial charge < -0.3 is 4.74 Å². The molecule has 0 spiro atoms. The van der Waals surface area contributed by atoms with Crippen molar-refractivity contribution in [3.8, 4) is 5.75 Å². The predicted octanol–water partition coefficient (Wildman–Crippen LogP) is 2.87. The van der Waals surface area contributed by atoms with Gasteiger partial charge in [0, 0.05) is 23.1 Å². The van der Waals surface area contributed by atoms with Crippen LogP contribution in [0.1, 0.15) is 18.2 Å². The highest BCUT2D eigenvalue weighted by molar-refractivity contribution is 5.84. The first-order valence-electron chi connectivity index (χ1n) is 5.30. The van der Waals surface area contributed by atoms with Crippen LogP contribution in [0.5, 0.6) is 5.75 Å². The maximum absolute atomic E-state index is 5.71. The van der Waals surface area contributed by atoms with Crippen LogP contribution in [0.2, 0.25) is 0 Å². The smallest absolute Gasteiger partial charge is 0.125 e. The molecule has 1 unspecified atom stereocenters. The number of aryl methyl sites for hydroxylation is 1. The van der Waals surface area contributed by atoms with Crippen LogP contribution in [0.25, 0.3) is 10.9 Å². The molecular weight excluding hydrogens is 186 g/mol. The number of fused-ring (bicyclic) bond motifs is 3. The second kappa shape index (κ2) is 2.96.